The number of aliphatic imine (C=N–C) groups is 1. The van der Waals surface area contributed by atoms with E-state index in [1.54, 1.807) is 4.90 Å². The van der Waals surface area contributed by atoms with Gasteiger partial charge in [-0.05, 0) is 48.6 Å². The standard InChI is InChI=1S/C25H25N3O/c1-17-14-18(2)22(19(3)15-17)16-28-23(29)25(27-24(28)26,20-10-6-4-7-11-20)21-12-8-5-9-13-21/h4-15H,16H2,1-3H3,(H2,26,27). The molecule has 0 aliphatic carbocycles. The molecule has 1 amide bonds. The SMILES string of the molecule is Cc1cc(C)c(CN2C(=O)C(c3ccccc3)(c3ccccc3)N=C2N)c(C)c1. The van der Waals surface area contributed by atoms with Crippen LogP contribution < -0.4 is 5.73 Å². The van der Waals surface area contributed by atoms with E-state index in [2.05, 4.69) is 32.9 Å². The third-order valence-electron chi connectivity index (χ3n) is 5.65. The van der Waals surface area contributed by atoms with Crippen molar-refractivity contribution in [1.29, 1.82) is 0 Å². The molecule has 1 aliphatic heterocycles. The Morgan fingerprint density at radius 3 is 1.83 bits per heavy atom. The molecule has 3 aromatic carbocycles. The number of hydrogen-bond acceptors (Lipinski definition) is 3. The fraction of sp³-hybridized carbons (Fsp3) is 0.200. The summed E-state index contributed by atoms with van der Waals surface area (Å²) in [5.41, 5.74) is 11.5. The van der Waals surface area contributed by atoms with Gasteiger partial charge in [-0.3, -0.25) is 9.69 Å². The molecular formula is C25H25N3O. The molecule has 0 atom stereocenters. The van der Waals surface area contributed by atoms with Crippen LogP contribution >= 0.6 is 0 Å². The lowest BCUT2D eigenvalue weighted by molar-refractivity contribution is -0.130. The first-order chi connectivity index (χ1) is 13.9. The van der Waals surface area contributed by atoms with Crippen LogP contribution in [-0.4, -0.2) is 16.8 Å². The van der Waals surface area contributed by atoms with E-state index in [0.717, 1.165) is 27.8 Å². The van der Waals surface area contributed by atoms with E-state index in [1.165, 1.54) is 5.56 Å². The average Bonchev–Trinajstić information content (AvgIpc) is 2.97. The predicted octanol–water partition coefficient (Wildman–Crippen LogP) is 4.21. The zero-order chi connectivity index (χ0) is 20.6. The quantitative estimate of drug-likeness (QED) is 0.734. The number of hydrogen-bond donors (Lipinski definition) is 1. The zero-order valence-electron chi connectivity index (χ0n) is 17.0. The van der Waals surface area contributed by atoms with Gasteiger partial charge in [0.25, 0.3) is 5.91 Å². The van der Waals surface area contributed by atoms with Gasteiger partial charge in [-0.25, -0.2) is 4.99 Å². The van der Waals surface area contributed by atoms with E-state index in [-0.39, 0.29) is 11.9 Å². The number of benzene rings is 3. The topological polar surface area (TPSA) is 58.7 Å². The maximum Gasteiger partial charge on any atom is 0.266 e. The molecule has 146 valence electrons. The van der Waals surface area contributed by atoms with Gasteiger partial charge < -0.3 is 5.73 Å². The first-order valence-corrected chi connectivity index (χ1v) is 9.78. The summed E-state index contributed by atoms with van der Waals surface area (Å²) in [6, 6.07) is 23.6. The van der Waals surface area contributed by atoms with Gasteiger partial charge in [0.15, 0.2) is 11.5 Å². The monoisotopic (exact) mass is 383 g/mol. The summed E-state index contributed by atoms with van der Waals surface area (Å²) in [6.45, 7) is 6.64. The van der Waals surface area contributed by atoms with Crippen LogP contribution in [0.2, 0.25) is 0 Å². The Kier molecular flexibility index (Phi) is 4.71. The van der Waals surface area contributed by atoms with Crippen molar-refractivity contribution < 1.29 is 4.79 Å². The van der Waals surface area contributed by atoms with Gasteiger partial charge in [-0.1, -0.05) is 78.4 Å². The van der Waals surface area contributed by atoms with Crippen LogP contribution in [0.4, 0.5) is 0 Å². The van der Waals surface area contributed by atoms with Crippen LogP contribution in [0.25, 0.3) is 0 Å². The smallest absolute Gasteiger partial charge is 0.266 e. The molecule has 3 aromatic rings. The first kappa shape index (κ1) is 18.9. The molecule has 0 spiro atoms. The lowest BCUT2D eigenvalue weighted by Gasteiger charge is -2.27. The number of guanidine groups is 1. The summed E-state index contributed by atoms with van der Waals surface area (Å²) >= 11 is 0. The van der Waals surface area contributed by atoms with Crippen LogP contribution in [0.15, 0.2) is 77.8 Å². The lowest BCUT2D eigenvalue weighted by Crippen LogP contribution is -2.43. The van der Waals surface area contributed by atoms with Crippen molar-refractivity contribution in [2.75, 3.05) is 0 Å². The van der Waals surface area contributed by atoms with Gasteiger partial charge in [0.1, 0.15) is 0 Å². The molecular weight excluding hydrogens is 358 g/mol. The van der Waals surface area contributed by atoms with Crippen molar-refractivity contribution in [3.63, 3.8) is 0 Å². The number of nitrogens with zero attached hydrogens (tertiary/aromatic N) is 2. The van der Waals surface area contributed by atoms with Crippen LogP contribution in [0.3, 0.4) is 0 Å². The molecule has 0 fully saturated rings. The van der Waals surface area contributed by atoms with E-state index in [0.29, 0.717) is 6.54 Å². The van der Waals surface area contributed by atoms with Gasteiger partial charge in [-0.15, -0.1) is 0 Å². The molecule has 29 heavy (non-hydrogen) atoms. The fourth-order valence-corrected chi connectivity index (χ4v) is 4.25. The molecule has 1 aliphatic rings. The van der Waals surface area contributed by atoms with Gasteiger partial charge in [0, 0.05) is 0 Å². The third-order valence-corrected chi connectivity index (χ3v) is 5.65. The Hall–Kier alpha value is -3.40. The highest BCUT2D eigenvalue weighted by Crippen LogP contribution is 2.40. The highest BCUT2D eigenvalue weighted by Gasteiger charge is 2.50. The second-order valence-corrected chi connectivity index (χ2v) is 7.68. The lowest BCUT2D eigenvalue weighted by atomic mass is 9.83. The normalized spacial score (nSPS) is 15.5. The highest BCUT2D eigenvalue weighted by molar-refractivity contribution is 6.09. The second-order valence-electron chi connectivity index (χ2n) is 7.68. The van der Waals surface area contributed by atoms with Crippen molar-refractivity contribution >= 4 is 11.9 Å². The maximum atomic E-state index is 13.9. The molecule has 0 bridgehead atoms. The van der Waals surface area contributed by atoms with Crippen molar-refractivity contribution in [2.24, 2.45) is 10.7 Å². The first-order valence-electron chi connectivity index (χ1n) is 9.78. The Morgan fingerprint density at radius 2 is 1.34 bits per heavy atom. The Labute approximate surface area is 171 Å². The Balaban J connectivity index is 1.82. The van der Waals surface area contributed by atoms with E-state index >= 15 is 0 Å². The molecule has 0 saturated heterocycles. The fourth-order valence-electron chi connectivity index (χ4n) is 4.25. The van der Waals surface area contributed by atoms with Crippen molar-refractivity contribution in [2.45, 2.75) is 32.9 Å². The summed E-state index contributed by atoms with van der Waals surface area (Å²) in [7, 11) is 0. The molecule has 0 radical (unpaired) electrons. The number of amides is 1. The van der Waals surface area contributed by atoms with E-state index < -0.39 is 5.54 Å². The van der Waals surface area contributed by atoms with Crippen LogP contribution in [0, 0.1) is 20.8 Å². The second kappa shape index (κ2) is 7.21. The van der Waals surface area contributed by atoms with Crippen LogP contribution in [0.1, 0.15) is 33.4 Å². The van der Waals surface area contributed by atoms with Gasteiger partial charge in [0.05, 0.1) is 6.54 Å². The molecule has 0 saturated carbocycles. The summed E-state index contributed by atoms with van der Waals surface area (Å²) in [4.78, 5) is 20.2. The van der Waals surface area contributed by atoms with E-state index in [9.17, 15) is 4.79 Å². The number of carbonyl (C=O) groups is 1. The van der Waals surface area contributed by atoms with Gasteiger partial charge in [-0.2, -0.15) is 0 Å². The predicted molar refractivity (Wildman–Crippen MR) is 116 cm³/mol. The Morgan fingerprint density at radius 1 is 0.862 bits per heavy atom. The third kappa shape index (κ3) is 3.11. The molecule has 4 rings (SSSR count). The van der Waals surface area contributed by atoms with Crippen molar-refractivity contribution in [3.8, 4) is 0 Å². The number of aryl methyl sites for hydroxylation is 3. The van der Waals surface area contributed by atoms with Crippen LogP contribution in [0.5, 0.6) is 0 Å². The summed E-state index contributed by atoms with van der Waals surface area (Å²) in [6.07, 6.45) is 0. The number of carbonyl (C=O) groups excluding carboxylic acids is 1. The molecule has 0 unspecified atom stereocenters. The summed E-state index contributed by atoms with van der Waals surface area (Å²) < 4.78 is 0. The van der Waals surface area contributed by atoms with E-state index in [4.69, 9.17) is 10.7 Å². The minimum absolute atomic E-state index is 0.119. The molecule has 2 N–H and O–H groups in total. The van der Waals surface area contributed by atoms with E-state index in [1.807, 2.05) is 60.7 Å². The summed E-state index contributed by atoms with van der Waals surface area (Å²) in [5, 5.41) is 0. The molecule has 0 aromatic heterocycles. The number of rotatable bonds is 4. The van der Waals surface area contributed by atoms with Gasteiger partial charge >= 0.3 is 0 Å². The number of nitrogens with two attached hydrogens (primary N) is 1. The molecule has 4 nitrogen and oxygen atoms in total. The average molecular weight is 383 g/mol. The molecule has 1 heterocycles. The van der Waals surface area contributed by atoms with Crippen molar-refractivity contribution in [3.05, 3.63) is 106 Å². The van der Waals surface area contributed by atoms with Crippen LogP contribution in [-0.2, 0) is 16.9 Å². The highest BCUT2D eigenvalue weighted by atomic mass is 16.2. The minimum Gasteiger partial charge on any atom is -0.369 e. The zero-order valence-corrected chi connectivity index (χ0v) is 17.0. The molecule has 4 heteroatoms. The maximum absolute atomic E-state index is 13.9. The summed E-state index contributed by atoms with van der Waals surface area (Å²) in [5.74, 6) is 0.133. The Bertz CT molecular complexity index is 1030. The van der Waals surface area contributed by atoms with Crippen molar-refractivity contribution in [1.82, 2.24) is 4.90 Å². The van der Waals surface area contributed by atoms with Gasteiger partial charge in [0.2, 0.25) is 0 Å². The minimum atomic E-state index is -1.15. The largest absolute Gasteiger partial charge is 0.369 e.